The van der Waals surface area contributed by atoms with Crippen molar-refractivity contribution in [3.63, 3.8) is 0 Å². The number of fused-ring (bicyclic) bond motifs is 1. The Morgan fingerprint density at radius 3 is 2.30 bits per heavy atom. The van der Waals surface area contributed by atoms with Crippen molar-refractivity contribution < 1.29 is 18.8 Å². The second-order valence-electron chi connectivity index (χ2n) is 7.80. The van der Waals surface area contributed by atoms with Crippen LogP contribution in [0.2, 0.25) is 0 Å². The summed E-state index contributed by atoms with van der Waals surface area (Å²) in [5.41, 5.74) is 11.2. The van der Waals surface area contributed by atoms with Gasteiger partial charge in [0.25, 0.3) is 11.8 Å². The van der Waals surface area contributed by atoms with Crippen LogP contribution in [-0.4, -0.2) is 23.4 Å². The molecular formula is C25H24N4O4. The molecule has 8 heteroatoms. The van der Waals surface area contributed by atoms with E-state index in [4.69, 9.17) is 4.42 Å². The van der Waals surface area contributed by atoms with Gasteiger partial charge in [-0.05, 0) is 50.5 Å². The Morgan fingerprint density at radius 2 is 1.55 bits per heavy atom. The van der Waals surface area contributed by atoms with E-state index >= 15 is 0 Å². The zero-order valence-corrected chi connectivity index (χ0v) is 18.4. The summed E-state index contributed by atoms with van der Waals surface area (Å²) in [6.07, 6.45) is 2.09. The first kappa shape index (κ1) is 22.0. The van der Waals surface area contributed by atoms with Gasteiger partial charge in [0.1, 0.15) is 5.76 Å². The maximum Gasteiger partial charge on any atom is 0.305 e. The van der Waals surface area contributed by atoms with E-state index in [-0.39, 0.29) is 11.7 Å². The van der Waals surface area contributed by atoms with Gasteiger partial charge in [0.15, 0.2) is 5.76 Å². The summed E-state index contributed by atoms with van der Waals surface area (Å²) >= 11 is 0. The third-order valence-electron chi connectivity index (χ3n) is 5.54. The van der Waals surface area contributed by atoms with Crippen molar-refractivity contribution in [1.82, 2.24) is 16.3 Å². The lowest BCUT2D eigenvalue weighted by Crippen LogP contribution is -2.41. The number of hydrazone groups is 1. The van der Waals surface area contributed by atoms with E-state index in [2.05, 4.69) is 21.4 Å². The van der Waals surface area contributed by atoms with Crippen LogP contribution in [0.15, 0.2) is 64.1 Å². The van der Waals surface area contributed by atoms with Gasteiger partial charge in [-0.2, -0.15) is 5.10 Å². The van der Waals surface area contributed by atoms with E-state index < -0.39 is 11.8 Å². The predicted molar refractivity (Wildman–Crippen MR) is 123 cm³/mol. The van der Waals surface area contributed by atoms with Gasteiger partial charge in [0.2, 0.25) is 0 Å². The van der Waals surface area contributed by atoms with Gasteiger partial charge in [0.05, 0.1) is 5.71 Å². The molecular weight excluding hydrogens is 420 g/mol. The molecule has 0 radical (unpaired) electrons. The molecule has 1 aliphatic carbocycles. The molecule has 1 heterocycles. The molecule has 3 amide bonds. The van der Waals surface area contributed by atoms with Crippen LogP contribution in [-0.2, 0) is 6.42 Å². The molecule has 0 fully saturated rings. The first-order valence-electron chi connectivity index (χ1n) is 10.7. The minimum atomic E-state index is -0.561. The molecule has 2 aromatic carbocycles. The monoisotopic (exact) mass is 444 g/mol. The maximum atomic E-state index is 12.7. The highest BCUT2D eigenvalue weighted by atomic mass is 16.4. The van der Waals surface area contributed by atoms with Crippen LogP contribution in [0.3, 0.4) is 0 Å². The van der Waals surface area contributed by atoms with Gasteiger partial charge >= 0.3 is 5.91 Å². The summed E-state index contributed by atoms with van der Waals surface area (Å²) in [5.74, 6) is -0.542. The Bertz CT molecular complexity index is 1240. The van der Waals surface area contributed by atoms with E-state index in [0.717, 1.165) is 17.5 Å². The highest BCUT2D eigenvalue weighted by Gasteiger charge is 2.28. The third kappa shape index (κ3) is 4.69. The van der Waals surface area contributed by atoms with E-state index in [1.54, 1.807) is 49.4 Å². The van der Waals surface area contributed by atoms with E-state index in [1.807, 2.05) is 19.1 Å². The molecule has 0 unspecified atom stereocenters. The van der Waals surface area contributed by atoms with Gasteiger partial charge in [0, 0.05) is 28.7 Å². The fourth-order valence-electron chi connectivity index (χ4n) is 3.83. The number of benzene rings is 2. The standard InChI is InChI=1S/C25H24N4O4/c1-15-9-6-7-12-18(15)24(31)28-26-19-13-8-14-20-21(19)16(2)22(33-20)25(32)29-27-23(30)17-10-4-3-5-11-17/h3-7,9-12H,8,13-14H2,1-2H3,(H,27,30)(H,28,31)(H,29,32)/b26-19+. The SMILES string of the molecule is Cc1ccccc1C(=O)N/N=C1\CCCc2oc(C(=O)NNC(=O)c3ccccc3)c(C)c21. The molecule has 0 spiro atoms. The highest BCUT2D eigenvalue weighted by Crippen LogP contribution is 2.29. The van der Waals surface area contributed by atoms with Crippen LogP contribution >= 0.6 is 0 Å². The Hall–Kier alpha value is -4.20. The molecule has 8 nitrogen and oxygen atoms in total. The zero-order valence-electron chi connectivity index (χ0n) is 18.4. The fraction of sp³-hybridized carbons (Fsp3) is 0.200. The smallest absolute Gasteiger partial charge is 0.305 e. The number of nitrogens with one attached hydrogen (secondary N) is 3. The number of hydrogen-bond acceptors (Lipinski definition) is 5. The molecule has 0 saturated carbocycles. The number of nitrogens with zero attached hydrogens (tertiary/aromatic N) is 1. The number of carbonyl (C=O) groups excluding carboxylic acids is 3. The van der Waals surface area contributed by atoms with Crippen LogP contribution in [0, 0.1) is 13.8 Å². The molecule has 33 heavy (non-hydrogen) atoms. The van der Waals surface area contributed by atoms with Crippen LogP contribution in [0.5, 0.6) is 0 Å². The average molecular weight is 444 g/mol. The minimum absolute atomic E-state index is 0.105. The molecule has 1 aromatic heterocycles. The van der Waals surface area contributed by atoms with Crippen LogP contribution in [0.1, 0.15) is 66.6 Å². The van der Waals surface area contributed by atoms with Crippen molar-refractivity contribution in [3.05, 3.63) is 93.9 Å². The lowest BCUT2D eigenvalue weighted by atomic mass is 9.93. The average Bonchev–Trinajstić information content (AvgIpc) is 3.18. The summed E-state index contributed by atoms with van der Waals surface area (Å²) < 4.78 is 5.82. The molecule has 3 N–H and O–H groups in total. The van der Waals surface area contributed by atoms with Crippen molar-refractivity contribution in [2.24, 2.45) is 5.10 Å². The Morgan fingerprint density at radius 1 is 0.848 bits per heavy atom. The molecule has 4 rings (SSSR count). The van der Waals surface area contributed by atoms with Crippen molar-refractivity contribution in [2.45, 2.75) is 33.1 Å². The Labute approximate surface area is 191 Å². The van der Waals surface area contributed by atoms with E-state index in [9.17, 15) is 14.4 Å². The molecule has 0 atom stereocenters. The van der Waals surface area contributed by atoms with E-state index in [1.165, 1.54) is 0 Å². The zero-order chi connectivity index (χ0) is 23.4. The van der Waals surface area contributed by atoms with Gasteiger partial charge in [-0.3, -0.25) is 25.2 Å². The molecule has 1 aliphatic rings. The first-order chi connectivity index (χ1) is 16.0. The van der Waals surface area contributed by atoms with Gasteiger partial charge in [-0.1, -0.05) is 36.4 Å². The van der Waals surface area contributed by atoms with Crippen molar-refractivity contribution >= 4 is 23.4 Å². The topological polar surface area (TPSA) is 113 Å². The van der Waals surface area contributed by atoms with Crippen LogP contribution in [0.4, 0.5) is 0 Å². The maximum absolute atomic E-state index is 12.7. The second kappa shape index (κ2) is 9.52. The quantitative estimate of drug-likeness (QED) is 0.535. The number of aryl methyl sites for hydroxylation is 2. The normalized spacial score (nSPS) is 13.8. The third-order valence-corrected chi connectivity index (χ3v) is 5.54. The fourth-order valence-corrected chi connectivity index (χ4v) is 3.83. The summed E-state index contributed by atoms with van der Waals surface area (Å²) in [6, 6.07) is 15.8. The Kier molecular flexibility index (Phi) is 6.35. The van der Waals surface area contributed by atoms with Crippen molar-refractivity contribution in [1.29, 1.82) is 0 Å². The number of amides is 3. The number of hydrazine groups is 1. The van der Waals surface area contributed by atoms with Crippen LogP contribution < -0.4 is 16.3 Å². The predicted octanol–water partition coefficient (Wildman–Crippen LogP) is 3.44. The molecule has 0 saturated heterocycles. The molecule has 168 valence electrons. The number of carbonyl (C=O) groups is 3. The molecule has 0 aliphatic heterocycles. The second-order valence-corrected chi connectivity index (χ2v) is 7.80. The summed E-state index contributed by atoms with van der Waals surface area (Å²) in [4.78, 5) is 37.4. The van der Waals surface area contributed by atoms with Crippen molar-refractivity contribution in [2.75, 3.05) is 0 Å². The summed E-state index contributed by atoms with van der Waals surface area (Å²) in [5, 5.41) is 4.35. The first-order valence-corrected chi connectivity index (χ1v) is 10.7. The highest BCUT2D eigenvalue weighted by molar-refractivity contribution is 6.07. The van der Waals surface area contributed by atoms with Crippen molar-refractivity contribution in [3.8, 4) is 0 Å². The minimum Gasteiger partial charge on any atom is -0.455 e. The van der Waals surface area contributed by atoms with Gasteiger partial charge < -0.3 is 4.42 Å². The summed E-state index contributed by atoms with van der Waals surface area (Å²) in [6.45, 7) is 3.63. The van der Waals surface area contributed by atoms with Gasteiger partial charge in [-0.15, -0.1) is 0 Å². The molecule has 3 aromatic rings. The van der Waals surface area contributed by atoms with Crippen LogP contribution in [0.25, 0.3) is 0 Å². The summed E-state index contributed by atoms with van der Waals surface area (Å²) in [7, 11) is 0. The number of hydrogen-bond donors (Lipinski definition) is 3. The number of rotatable bonds is 4. The largest absolute Gasteiger partial charge is 0.455 e. The van der Waals surface area contributed by atoms with Gasteiger partial charge in [-0.25, -0.2) is 5.43 Å². The van der Waals surface area contributed by atoms with E-state index in [0.29, 0.717) is 41.0 Å². The lowest BCUT2D eigenvalue weighted by molar-refractivity contribution is 0.0829. The lowest BCUT2D eigenvalue weighted by Gasteiger charge is -2.13. The molecule has 0 bridgehead atoms. The Balaban J connectivity index is 1.49. The number of furan rings is 1.